The van der Waals surface area contributed by atoms with Crippen LogP contribution in [-0.4, -0.2) is 42.4 Å². The lowest BCUT2D eigenvalue weighted by molar-refractivity contribution is 0.0814. The zero-order chi connectivity index (χ0) is 20.2. The number of hydrogen-bond acceptors (Lipinski definition) is 3. The van der Waals surface area contributed by atoms with Crippen LogP contribution in [-0.2, 0) is 11.2 Å². The van der Waals surface area contributed by atoms with Gasteiger partial charge in [-0.15, -0.1) is 0 Å². The summed E-state index contributed by atoms with van der Waals surface area (Å²) in [6, 6.07) is 26.3. The number of hydrogen-bond donors (Lipinski definition) is 1. The lowest BCUT2D eigenvalue weighted by Crippen LogP contribution is -2.36. The molecule has 0 saturated carbocycles. The minimum Gasteiger partial charge on any atom is -0.448 e. The van der Waals surface area contributed by atoms with Crippen molar-refractivity contribution in [2.45, 2.75) is 18.4 Å². The number of fused-ring (bicyclic) bond motifs is 3. The topological polar surface area (TPSA) is 49.8 Å². The molecule has 1 atom stereocenters. The van der Waals surface area contributed by atoms with E-state index >= 15 is 0 Å². The van der Waals surface area contributed by atoms with Crippen LogP contribution in [0, 0.1) is 0 Å². The van der Waals surface area contributed by atoms with Crippen molar-refractivity contribution in [1.82, 2.24) is 4.90 Å². The Morgan fingerprint density at radius 2 is 1.48 bits per heavy atom. The van der Waals surface area contributed by atoms with E-state index in [2.05, 4.69) is 24.3 Å². The number of carbonyl (C=O) groups excluding carboxylic acids is 1. The van der Waals surface area contributed by atoms with Crippen LogP contribution in [0.15, 0.2) is 78.9 Å². The fourth-order valence-electron chi connectivity index (χ4n) is 4.05. The average molecular weight is 387 g/mol. The summed E-state index contributed by atoms with van der Waals surface area (Å²) in [7, 11) is 1.66. The van der Waals surface area contributed by atoms with Crippen molar-refractivity contribution >= 4 is 6.09 Å². The number of ether oxygens (including phenoxy) is 1. The number of rotatable bonds is 6. The zero-order valence-electron chi connectivity index (χ0n) is 16.5. The molecular formula is C25H25NO3. The summed E-state index contributed by atoms with van der Waals surface area (Å²) in [5.41, 5.74) is 5.83. The summed E-state index contributed by atoms with van der Waals surface area (Å²) in [6.07, 6.45) is -0.552. The van der Waals surface area contributed by atoms with Gasteiger partial charge >= 0.3 is 6.09 Å². The van der Waals surface area contributed by atoms with Crippen molar-refractivity contribution in [1.29, 1.82) is 0 Å². The second-order valence-corrected chi connectivity index (χ2v) is 7.53. The van der Waals surface area contributed by atoms with Crippen molar-refractivity contribution in [2.24, 2.45) is 0 Å². The summed E-state index contributed by atoms with van der Waals surface area (Å²) < 4.78 is 5.63. The molecule has 1 aliphatic rings. The Morgan fingerprint density at radius 3 is 2.10 bits per heavy atom. The molecule has 148 valence electrons. The molecule has 1 aliphatic carbocycles. The summed E-state index contributed by atoms with van der Waals surface area (Å²) in [6.45, 7) is 0.511. The van der Waals surface area contributed by atoms with E-state index in [0.29, 0.717) is 6.42 Å². The molecule has 1 N–H and O–H groups in total. The number of aliphatic hydroxyl groups excluding tert-OH is 1. The van der Waals surface area contributed by atoms with Crippen LogP contribution < -0.4 is 0 Å². The molecule has 3 aromatic carbocycles. The van der Waals surface area contributed by atoms with E-state index in [4.69, 9.17) is 4.74 Å². The first-order chi connectivity index (χ1) is 14.1. The molecule has 29 heavy (non-hydrogen) atoms. The second kappa shape index (κ2) is 8.50. The lowest BCUT2D eigenvalue weighted by Gasteiger charge is -2.22. The smallest absolute Gasteiger partial charge is 0.409 e. The zero-order valence-corrected chi connectivity index (χ0v) is 16.5. The fourth-order valence-corrected chi connectivity index (χ4v) is 4.05. The Balaban J connectivity index is 1.37. The third-order valence-electron chi connectivity index (χ3n) is 5.45. The van der Waals surface area contributed by atoms with E-state index in [1.807, 2.05) is 54.6 Å². The van der Waals surface area contributed by atoms with Crippen molar-refractivity contribution in [3.8, 4) is 11.1 Å². The molecule has 0 fully saturated rings. The average Bonchev–Trinajstić information content (AvgIpc) is 3.06. The van der Waals surface area contributed by atoms with Crippen molar-refractivity contribution in [3.05, 3.63) is 95.6 Å². The van der Waals surface area contributed by atoms with Gasteiger partial charge in [-0.1, -0.05) is 78.9 Å². The van der Waals surface area contributed by atoms with Crippen molar-refractivity contribution in [2.75, 3.05) is 20.2 Å². The minimum atomic E-state index is -0.636. The van der Waals surface area contributed by atoms with Gasteiger partial charge in [-0.25, -0.2) is 4.79 Å². The van der Waals surface area contributed by atoms with Crippen LogP contribution in [0.4, 0.5) is 4.79 Å². The van der Waals surface area contributed by atoms with Crippen LogP contribution in [0.5, 0.6) is 0 Å². The Morgan fingerprint density at radius 1 is 0.931 bits per heavy atom. The molecule has 0 aliphatic heterocycles. The molecule has 0 spiro atoms. The highest BCUT2D eigenvalue weighted by Crippen LogP contribution is 2.44. The molecule has 4 rings (SSSR count). The van der Waals surface area contributed by atoms with Gasteiger partial charge in [-0.2, -0.15) is 0 Å². The van der Waals surface area contributed by atoms with Crippen LogP contribution >= 0.6 is 0 Å². The first-order valence-corrected chi connectivity index (χ1v) is 9.91. The van der Waals surface area contributed by atoms with Crippen LogP contribution in [0.2, 0.25) is 0 Å². The summed E-state index contributed by atoms with van der Waals surface area (Å²) in [5, 5.41) is 10.3. The Kier molecular flexibility index (Phi) is 5.63. The predicted octanol–water partition coefficient (Wildman–Crippen LogP) is 4.47. The van der Waals surface area contributed by atoms with Gasteiger partial charge in [0.15, 0.2) is 0 Å². The quantitative estimate of drug-likeness (QED) is 0.679. The Hall–Kier alpha value is -3.11. The van der Waals surface area contributed by atoms with Gasteiger partial charge in [0.05, 0.1) is 6.10 Å². The minimum absolute atomic E-state index is 0.0361. The van der Waals surface area contributed by atoms with Gasteiger partial charge in [0.25, 0.3) is 0 Å². The van der Waals surface area contributed by atoms with Gasteiger partial charge in [-0.05, 0) is 27.8 Å². The molecule has 0 radical (unpaired) electrons. The molecule has 4 heteroatoms. The van der Waals surface area contributed by atoms with E-state index in [1.165, 1.54) is 27.2 Å². The number of carbonyl (C=O) groups is 1. The predicted molar refractivity (Wildman–Crippen MR) is 114 cm³/mol. The number of aliphatic hydroxyl groups is 1. The first kappa shape index (κ1) is 19.2. The van der Waals surface area contributed by atoms with Gasteiger partial charge in [-0.3, -0.25) is 0 Å². The van der Waals surface area contributed by atoms with Gasteiger partial charge in [0.1, 0.15) is 6.61 Å². The summed E-state index contributed by atoms with van der Waals surface area (Å²) in [4.78, 5) is 13.9. The summed E-state index contributed by atoms with van der Waals surface area (Å²) >= 11 is 0. The standard InChI is InChI=1S/C25H25NO3/c1-26(16-19(27)15-18-9-3-2-4-10-18)25(28)29-17-24-22-13-7-5-11-20(22)21-12-6-8-14-23(21)24/h2-14,19,24,27H,15-17H2,1H3. The Bertz CT molecular complexity index is 941. The van der Waals surface area contributed by atoms with E-state index in [1.54, 1.807) is 7.05 Å². The van der Waals surface area contributed by atoms with Gasteiger partial charge in [0, 0.05) is 25.9 Å². The monoisotopic (exact) mass is 387 g/mol. The lowest BCUT2D eigenvalue weighted by atomic mass is 9.98. The normalized spacial score (nSPS) is 13.4. The molecule has 4 nitrogen and oxygen atoms in total. The third-order valence-corrected chi connectivity index (χ3v) is 5.45. The highest BCUT2D eigenvalue weighted by molar-refractivity contribution is 5.79. The number of amides is 1. The van der Waals surface area contributed by atoms with E-state index < -0.39 is 12.2 Å². The maximum atomic E-state index is 12.5. The maximum Gasteiger partial charge on any atom is 0.409 e. The number of benzene rings is 3. The molecular weight excluding hydrogens is 362 g/mol. The molecule has 3 aromatic rings. The van der Waals surface area contributed by atoms with Gasteiger partial charge in [0.2, 0.25) is 0 Å². The number of likely N-dealkylation sites (N-methyl/N-ethyl adjacent to an activating group) is 1. The molecule has 0 saturated heterocycles. The molecule has 0 heterocycles. The van der Waals surface area contributed by atoms with Gasteiger partial charge < -0.3 is 14.7 Å². The second-order valence-electron chi connectivity index (χ2n) is 7.53. The molecule has 0 bridgehead atoms. The maximum absolute atomic E-state index is 12.5. The van der Waals surface area contributed by atoms with Crippen LogP contribution in [0.25, 0.3) is 11.1 Å². The largest absolute Gasteiger partial charge is 0.448 e. The van der Waals surface area contributed by atoms with Crippen LogP contribution in [0.3, 0.4) is 0 Å². The van der Waals surface area contributed by atoms with Crippen molar-refractivity contribution < 1.29 is 14.6 Å². The van der Waals surface area contributed by atoms with E-state index in [-0.39, 0.29) is 19.1 Å². The summed E-state index contributed by atoms with van der Waals surface area (Å²) in [5.74, 6) is 0.0361. The van der Waals surface area contributed by atoms with Crippen molar-refractivity contribution in [3.63, 3.8) is 0 Å². The highest BCUT2D eigenvalue weighted by Gasteiger charge is 2.29. The fraction of sp³-hybridized carbons (Fsp3) is 0.240. The SMILES string of the molecule is CN(CC(O)Cc1ccccc1)C(=O)OCC1c2ccccc2-c2ccccc21. The number of nitrogens with zero attached hydrogens (tertiary/aromatic N) is 1. The highest BCUT2D eigenvalue weighted by atomic mass is 16.6. The van der Waals surface area contributed by atoms with E-state index in [0.717, 1.165) is 5.56 Å². The Labute approximate surface area is 171 Å². The molecule has 1 unspecified atom stereocenters. The van der Waals surface area contributed by atoms with Crippen LogP contribution in [0.1, 0.15) is 22.6 Å². The van der Waals surface area contributed by atoms with E-state index in [9.17, 15) is 9.90 Å². The molecule has 1 amide bonds. The third kappa shape index (κ3) is 4.17. The first-order valence-electron chi connectivity index (χ1n) is 9.91. The molecule has 0 aromatic heterocycles.